The van der Waals surface area contributed by atoms with Gasteiger partial charge in [0.2, 0.25) is 0 Å². The van der Waals surface area contributed by atoms with Gasteiger partial charge in [-0.15, -0.1) is 5.56 Å². The zero-order chi connectivity index (χ0) is 17.3. The van der Waals surface area contributed by atoms with Crippen LogP contribution < -0.4 is 0 Å². The van der Waals surface area contributed by atoms with E-state index in [-0.39, 0.29) is 0 Å². The Morgan fingerprint density at radius 2 is 1.52 bits per heavy atom. The van der Waals surface area contributed by atoms with Crippen molar-refractivity contribution in [3.8, 4) is 11.1 Å². The second-order valence-electron chi connectivity index (χ2n) is 6.52. The first-order chi connectivity index (χ1) is 12.3. The predicted octanol–water partition coefficient (Wildman–Crippen LogP) is 6.13. The Bertz CT molecular complexity index is 715. The molecule has 124 valence electrons. The summed E-state index contributed by atoms with van der Waals surface area (Å²) in [7, 11) is 0. The SMILES string of the molecule is [Ti+2]=[C]1CCCCC1.[c-]1cccc2c1Cc1ccccc1-2.c1cc[cH-]c1. The normalized spacial score (nSPS) is 14.4. The number of fused-ring (bicyclic) bond motifs is 3. The molecule has 0 N–H and O–H groups in total. The van der Waals surface area contributed by atoms with Crippen molar-refractivity contribution in [1.29, 1.82) is 0 Å². The average Bonchev–Trinajstić information content (AvgIpc) is 3.34. The fourth-order valence-electron chi connectivity index (χ4n) is 3.30. The van der Waals surface area contributed by atoms with Crippen LogP contribution in [0, 0.1) is 6.07 Å². The summed E-state index contributed by atoms with van der Waals surface area (Å²) in [6, 6.07) is 28.1. The van der Waals surface area contributed by atoms with Crippen molar-refractivity contribution in [2.24, 2.45) is 0 Å². The standard InChI is InChI=1S/C13H9.C6H10.C5H5.Ti/c1-3-7-12-10(5-1)9-11-6-2-4-8-13(11)12;1-2-4-6-5-3-1;1-2-4-5-3-1;/h1-5,7-8H,9H2;1-5H2;1-5H;/q-1;;-1;+2. The van der Waals surface area contributed by atoms with Gasteiger partial charge in [0.25, 0.3) is 0 Å². The monoisotopic (exact) mass is 360 g/mol. The number of benzene rings is 2. The van der Waals surface area contributed by atoms with Crippen LogP contribution in [0.25, 0.3) is 11.1 Å². The smallest absolute Gasteiger partial charge is 0.0253 e. The van der Waals surface area contributed by atoms with Gasteiger partial charge >= 0.3 is 55.9 Å². The third-order valence-electron chi connectivity index (χ3n) is 4.63. The maximum Gasteiger partial charge on any atom is -0.0253 e. The van der Waals surface area contributed by atoms with Crippen LogP contribution in [0.2, 0.25) is 0 Å². The topological polar surface area (TPSA) is 0 Å². The third kappa shape index (κ3) is 5.43. The van der Waals surface area contributed by atoms with Gasteiger partial charge in [0.05, 0.1) is 0 Å². The molecule has 1 saturated carbocycles. The second-order valence-corrected chi connectivity index (χ2v) is 7.63. The van der Waals surface area contributed by atoms with Gasteiger partial charge in [-0.2, -0.15) is 48.0 Å². The van der Waals surface area contributed by atoms with E-state index in [1.54, 1.807) is 3.81 Å². The van der Waals surface area contributed by atoms with Crippen molar-refractivity contribution >= 4 is 3.81 Å². The van der Waals surface area contributed by atoms with Crippen molar-refractivity contribution in [2.75, 3.05) is 0 Å². The molecule has 5 rings (SSSR count). The molecule has 0 aromatic heterocycles. The summed E-state index contributed by atoms with van der Waals surface area (Å²) in [5.74, 6) is 0. The Morgan fingerprint density at radius 3 is 2.16 bits per heavy atom. The molecule has 0 aliphatic heterocycles. The Balaban J connectivity index is 0.000000127. The summed E-state index contributed by atoms with van der Waals surface area (Å²) >= 11 is 2.28. The van der Waals surface area contributed by atoms with Crippen LogP contribution in [0.15, 0.2) is 72.8 Å². The van der Waals surface area contributed by atoms with Crippen LogP contribution in [-0.4, -0.2) is 3.81 Å². The molecule has 2 aliphatic carbocycles. The van der Waals surface area contributed by atoms with Gasteiger partial charge in [-0.3, -0.25) is 0 Å². The van der Waals surface area contributed by atoms with Gasteiger partial charge in [0.1, 0.15) is 0 Å². The largest absolute Gasteiger partial charge is 0.214 e. The molecule has 0 unspecified atom stereocenters. The summed E-state index contributed by atoms with van der Waals surface area (Å²) in [6.45, 7) is 0. The van der Waals surface area contributed by atoms with E-state index in [2.05, 4.69) is 62.4 Å². The number of hydrogen-bond donors (Lipinski definition) is 0. The van der Waals surface area contributed by atoms with Crippen LogP contribution in [0.4, 0.5) is 0 Å². The summed E-state index contributed by atoms with van der Waals surface area (Å²) in [4.78, 5) is 0. The van der Waals surface area contributed by atoms with E-state index in [0.717, 1.165) is 6.42 Å². The molecule has 0 spiro atoms. The van der Waals surface area contributed by atoms with Crippen LogP contribution in [0.3, 0.4) is 0 Å². The quantitative estimate of drug-likeness (QED) is 0.261. The molecule has 25 heavy (non-hydrogen) atoms. The summed E-state index contributed by atoms with van der Waals surface area (Å²) < 4.78 is 1.71. The zero-order valence-corrected chi connectivity index (χ0v) is 16.2. The number of rotatable bonds is 0. The van der Waals surface area contributed by atoms with Gasteiger partial charge in [-0.05, 0) is 6.42 Å². The first-order valence-corrected chi connectivity index (χ1v) is 9.93. The molecular weight excluding hydrogens is 336 g/mol. The van der Waals surface area contributed by atoms with E-state index in [9.17, 15) is 0 Å². The molecule has 1 heteroatoms. The van der Waals surface area contributed by atoms with E-state index in [1.165, 1.54) is 54.4 Å². The van der Waals surface area contributed by atoms with Crippen molar-refractivity contribution in [3.63, 3.8) is 0 Å². The van der Waals surface area contributed by atoms with E-state index < -0.39 is 0 Å². The van der Waals surface area contributed by atoms with Gasteiger partial charge in [-0.25, -0.2) is 12.1 Å². The number of hydrogen-bond acceptors (Lipinski definition) is 0. The third-order valence-corrected chi connectivity index (χ3v) is 5.41. The molecule has 0 amide bonds. The van der Waals surface area contributed by atoms with Crippen LogP contribution in [0.1, 0.15) is 43.2 Å². The molecular formula is C24H24Ti. The fourth-order valence-corrected chi connectivity index (χ4v) is 3.85. The molecule has 0 nitrogen and oxygen atoms in total. The van der Waals surface area contributed by atoms with Gasteiger partial charge in [0, 0.05) is 0 Å². The van der Waals surface area contributed by atoms with E-state index in [1.807, 2.05) is 36.4 Å². The Kier molecular flexibility index (Phi) is 7.09. The van der Waals surface area contributed by atoms with E-state index in [0.29, 0.717) is 0 Å². The van der Waals surface area contributed by atoms with Gasteiger partial charge in [0.15, 0.2) is 0 Å². The van der Waals surface area contributed by atoms with Crippen molar-refractivity contribution < 1.29 is 20.0 Å². The minimum atomic E-state index is 1.05. The molecule has 3 aromatic carbocycles. The Labute approximate surface area is 163 Å². The van der Waals surface area contributed by atoms with Gasteiger partial charge < -0.3 is 0 Å². The minimum Gasteiger partial charge on any atom is -0.214 e. The first kappa shape index (κ1) is 18.2. The van der Waals surface area contributed by atoms with Crippen molar-refractivity contribution in [1.82, 2.24) is 0 Å². The van der Waals surface area contributed by atoms with Crippen LogP contribution in [-0.2, 0) is 26.4 Å². The Morgan fingerprint density at radius 1 is 0.800 bits per heavy atom. The second kappa shape index (κ2) is 9.75. The first-order valence-electron chi connectivity index (χ1n) is 9.15. The summed E-state index contributed by atoms with van der Waals surface area (Å²) in [5, 5.41) is 0. The molecule has 0 radical (unpaired) electrons. The Hall–Kier alpha value is -1.63. The molecule has 1 fully saturated rings. The minimum absolute atomic E-state index is 1.05. The van der Waals surface area contributed by atoms with E-state index >= 15 is 0 Å². The van der Waals surface area contributed by atoms with Gasteiger partial charge in [-0.1, -0.05) is 35.4 Å². The predicted molar refractivity (Wildman–Crippen MR) is 104 cm³/mol. The molecule has 2 aliphatic rings. The fraction of sp³-hybridized carbons (Fsp3) is 0.250. The zero-order valence-electron chi connectivity index (χ0n) is 14.7. The van der Waals surface area contributed by atoms with Crippen molar-refractivity contribution in [2.45, 2.75) is 38.5 Å². The molecule has 3 aromatic rings. The van der Waals surface area contributed by atoms with E-state index in [4.69, 9.17) is 0 Å². The summed E-state index contributed by atoms with van der Waals surface area (Å²) in [6.07, 6.45) is 8.22. The molecule has 0 saturated heterocycles. The maximum absolute atomic E-state index is 3.30. The summed E-state index contributed by atoms with van der Waals surface area (Å²) in [5.41, 5.74) is 5.51. The average molecular weight is 360 g/mol. The van der Waals surface area contributed by atoms with Crippen molar-refractivity contribution in [3.05, 3.63) is 90.0 Å². The molecule has 0 bridgehead atoms. The van der Waals surface area contributed by atoms with Crippen LogP contribution in [0.5, 0.6) is 0 Å². The molecule has 0 atom stereocenters. The maximum atomic E-state index is 3.30. The molecule has 0 heterocycles. The van der Waals surface area contributed by atoms with Crippen LogP contribution >= 0.6 is 0 Å².